The average molecular weight is 806 g/mol. The zero-order chi connectivity index (χ0) is 41.7. The third-order valence-corrected chi connectivity index (χ3v) is 12.3. The number of rotatable bonds is 8. The van der Waals surface area contributed by atoms with Gasteiger partial charge in [-0.2, -0.15) is 0 Å². The van der Waals surface area contributed by atoms with E-state index in [1.165, 1.54) is 22.3 Å². The van der Waals surface area contributed by atoms with Crippen LogP contribution in [0.3, 0.4) is 0 Å². The predicted octanol–water partition coefficient (Wildman–Crippen LogP) is 17.3. The van der Waals surface area contributed by atoms with Crippen LogP contribution in [-0.4, -0.2) is 0 Å². The second-order valence-electron chi connectivity index (χ2n) is 16.0. The molecule has 0 unspecified atom stereocenters. The zero-order valence-corrected chi connectivity index (χ0v) is 34.3. The molecule has 0 N–H and O–H groups in total. The molecule has 0 bridgehead atoms. The highest BCUT2D eigenvalue weighted by atomic mass is 16.3. The normalized spacial score (nSPS) is 11.5. The van der Waals surface area contributed by atoms with Crippen molar-refractivity contribution in [3.05, 3.63) is 237 Å². The molecule has 3 heteroatoms. The van der Waals surface area contributed by atoms with Crippen LogP contribution in [0.15, 0.2) is 245 Å². The first-order valence-electron chi connectivity index (χ1n) is 21.4. The summed E-state index contributed by atoms with van der Waals surface area (Å²) in [6.07, 6.45) is 0. The summed E-state index contributed by atoms with van der Waals surface area (Å²) in [4.78, 5) is 2.30. The molecule has 0 saturated heterocycles. The van der Waals surface area contributed by atoms with Crippen molar-refractivity contribution in [1.29, 1.82) is 0 Å². The first kappa shape index (κ1) is 36.5. The van der Waals surface area contributed by atoms with Crippen LogP contribution in [0.5, 0.6) is 0 Å². The summed E-state index contributed by atoms with van der Waals surface area (Å²) in [5, 5.41) is 4.26. The highest BCUT2D eigenvalue weighted by Crippen LogP contribution is 2.48. The lowest BCUT2D eigenvalue weighted by atomic mass is 9.91. The fraction of sp³-hybridized carbons (Fsp3) is 0. The summed E-state index contributed by atoms with van der Waals surface area (Å²) in [7, 11) is 0. The highest BCUT2D eigenvalue weighted by molar-refractivity contribution is 6.16. The first-order chi connectivity index (χ1) is 31.3. The lowest BCUT2D eigenvalue weighted by molar-refractivity contribution is 0.667. The molecule has 2 aromatic heterocycles. The molecular formula is C60H39NO2. The van der Waals surface area contributed by atoms with Gasteiger partial charge in [-0.15, -0.1) is 0 Å². The van der Waals surface area contributed by atoms with E-state index >= 15 is 0 Å². The van der Waals surface area contributed by atoms with Gasteiger partial charge in [0.05, 0.1) is 11.4 Å². The van der Waals surface area contributed by atoms with Gasteiger partial charge in [-0.25, -0.2) is 0 Å². The summed E-state index contributed by atoms with van der Waals surface area (Å²) in [6.45, 7) is 0. The molecule has 10 aromatic carbocycles. The standard InChI is InChI=1S/C60H39NO2/c1-5-17-41(18-6-1)47-38-35-45(39-54(47)44-23-11-4-12-24-44)40-33-36-46(37-34-40)61(55-31-15-29-52-50-27-13-25-48(57(50)62-59(52)55)42-19-7-2-8-20-42)56-32-16-30-53-51-28-14-26-49(58(51)63-60(53)56)43-21-9-3-10-22-43/h1-39H. The van der Waals surface area contributed by atoms with Crippen molar-refractivity contribution in [1.82, 2.24) is 0 Å². The van der Waals surface area contributed by atoms with Crippen molar-refractivity contribution in [2.45, 2.75) is 0 Å². The molecule has 0 aliphatic heterocycles. The van der Waals surface area contributed by atoms with E-state index in [9.17, 15) is 0 Å². The van der Waals surface area contributed by atoms with Crippen molar-refractivity contribution < 1.29 is 8.83 Å². The van der Waals surface area contributed by atoms with Crippen molar-refractivity contribution in [2.75, 3.05) is 4.90 Å². The minimum atomic E-state index is 0.807. The van der Waals surface area contributed by atoms with Crippen molar-refractivity contribution in [3.8, 4) is 55.6 Å². The Morgan fingerprint density at radius 1 is 0.238 bits per heavy atom. The summed E-state index contributed by atoms with van der Waals surface area (Å²) < 4.78 is 14.1. The van der Waals surface area contributed by atoms with Gasteiger partial charge in [0.25, 0.3) is 0 Å². The van der Waals surface area contributed by atoms with E-state index in [-0.39, 0.29) is 0 Å². The molecule has 0 saturated carbocycles. The fourth-order valence-electron chi connectivity index (χ4n) is 9.31. The van der Waals surface area contributed by atoms with E-state index in [0.717, 1.165) is 94.3 Å². The topological polar surface area (TPSA) is 29.5 Å². The first-order valence-corrected chi connectivity index (χ1v) is 21.4. The van der Waals surface area contributed by atoms with Gasteiger partial charge in [0.2, 0.25) is 0 Å². The van der Waals surface area contributed by atoms with Gasteiger partial charge in [0, 0.05) is 38.4 Å². The molecule has 0 aliphatic rings. The number of hydrogen-bond acceptors (Lipinski definition) is 3. The Balaban J connectivity index is 1.06. The number of benzene rings is 10. The molecule has 296 valence electrons. The molecule has 3 nitrogen and oxygen atoms in total. The summed E-state index contributed by atoms with van der Waals surface area (Å²) in [5.41, 5.74) is 17.6. The third-order valence-electron chi connectivity index (χ3n) is 12.3. The Kier molecular flexibility index (Phi) is 8.83. The number of furan rings is 2. The van der Waals surface area contributed by atoms with Crippen LogP contribution in [0.2, 0.25) is 0 Å². The maximum Gasteiger partial charge on any atom is 0.159 e. The zero-order valence-electron chi connectivity index (χ0n) is 34.3. The molecule has 63 heavy (non-hydrogen) atoms. The van der Waals surface area contributed by atoms with Crippen LogP contribution >= 0.6 is 0 Å². The largest absolute Gasteiger partial charge is 0.453 e. The molecule has 2 heterocycles. The Morgan fingerprint density at radius 3 is 1.08 bits per heavy atom. The van der Waals surface area contributed by atoms with E-state index in [1.807, 2.05) is 12.1 Å². The molecule has 0 aliphatic carbocycles. The Hall–Kier alpha value is -8.40. The van der Waals surface area contributed by atoms with Gasteiger partial charge in [0.1, 0.15) is 11.2 Å². The maximum absolute atomic E-state index is 7.06. The van der Waals surface area contributed by atoms with Crippen LogP contribution in [0.1, 0.15) is 0 Å². The molecule has 0 fully saturated rings. The minimum Gasteiger partial charge on any atom is -0.453 e. The van der Waals surface area contributed by atoms with Crippen LogP contribution in [0.4, 0.5) is 17.1 Å². The third kappa shape index (κ3) is 6.29. The number of fused-ring (bicyclic) bond motifs is 6. The number of anilines is 3. The Bertz CT molecular complexity index is 3430. The number of nitrogens with zero attached hydrogens (tertiary/aromatic N) is 1. The molecule has 0 radical (unpaired) electrons. The predicted molar refractivity (Wildman–Crippen MR) is 263 cm³/mol. The van der Waals surface area contributed by atoms with E-state index in [1.54, 1.807) is 0 Å². The van der Waals surface area contributed by atoms with E-state index in [0.29, 0.717) is 0 Å². The van der Waals surface area contributed by atoms with Crippen molar-refractivity contribution in [3.63, 3.8) is 0 Å². The van der Waals surface area contributed by atoms with Crippen molar-refractivity contribution in [2.24, 2.45) is 0 Å². The second-order valence-corrected chi connectivity index (χ2v) is 16.0. The number of para-hydroxylation sites is 4. The Morgan fingerprint density at radius 2 is 0.619 bits per heavy atom. The lowest BCUT2D eigenvalue weighted by Crippen LogP contribution is -2.10. The summed E-state index contributed by atoms with van der Waals surface area (Å²) in [5.74, 6) is 0. The smallest absolute Gasteiger partial charge is 0.159 e. The quantitative estimate of drug-likeness (QED) is 0.153. The minimum absolute atomic E-state index is 0.807. The van der Waals surface area contributed by atoms with Gasteiger partial charge < -0.3 is 13.7 Å². The van der Waals surface area contributed by atoms with E-state index < -0.39 is 0 Å². The van der Waals surface area contributed by atoms with Crippen LogP contribution in [0.25, 0.3) is 99.5 Å². The van der Waals surface area contributed by atoms with Gasteiger partial charge in [0.15, 0.2) is 11.2 Å². The van der Waals surface area contributed by atoms with Crippen LogP contribution in [-0.2, 0) is 0 Å². The van der Waals surface area contributed by atoms with E-state index in [4.69, 9.17) is 8.83 Å². The summed E-state index contributed by atoms with van der Waals surface area (Å²) in [6, 6.07) is 83.7. The van der Waals surface area contributed by atoms with E-state index in [2.05, 4.69) is 229 Å². The molecule has 12 rings (SSSR count). The molecule has 0 amide bonds. The summed E-state index contributed by atoms with van der Waals surface area (Å²) >= 11 is 0. The SMILES string of the molecule is c1ccc(-c2ccc(-c3ccc(N(c4cccc5c4oc4c(-c6ccccc6)cccc45)c4cccc5c4oc4c(-c6ccccc6)cccc45)cc3)cc2-c2ccccc2)cc1. The maximum atomic E-state index is 7.06. The highest BCUT2D eigenvalue weighted by Gasteiger charge is 2.25. The van der Waals surface area contributed by atoms with Crippen LogP contribution in [0, 0.1) is 0 Å². The Labute approximate surface area is 365 Å². The van der Waals surface area contributed by atoms with Gasteiger partial charge in [-0.1, -0.05) is 206 Å². The van der Waals surface area contributed by atoms with Gasteiger partial charge in [-0.3, -0.25) is 0 Å². The molecule has 0 atom stereocenters. The number of hydrogen-bond donors (Lipinski definition) is 0. The second kappa shape index (κ2) is 15.3. The molecule has 12 aromatic rings. The molecular weight excluding hydrogens is 767 g/mol. The fourth-order valence-corrected chi connectivity index (χ4v) is 9.31. The molecule has 0 spiro atoms. The lowest BCUT2D eigenvalue weighted by Gasteiger charge is -2.26. The van der Waals surface area contributed by atoms with Crippen LogP contribution < -0.4 is 4.90 Å². The monoisotopic (exact) mass is 805 g/mol. The van der Waals surface area contributed by atoms with Gasteiger partial charge >= 0.3 is 0 Å². The van der Waals surface area contributed by atoms with Gasteiger partial charge in [-0.05, 0) is 74.8 Å². The average Bonchev–Trinajstić information content (AvgIpc) is 3.95. The van der Waals surface area contributed by atoms with Crippen molar-refractivity contribution >= 4 is 60.9 Å².